The zero-order chi connectivity index (χ0) is 13.5. The summed E-state index contributed by atoms with van der Waals surface area (Å²) >= 11 is 3.50. The van der Waals surface area contributed by atoms with Crippen LogP contribution < -0.4 is 10.1 Å². The quantitative estimate of drug-likeness (QED) is 0.677. The lowest BCUT2D eigenvalue weighted by Crippen LogP contribution is -2.17. The monoisotopic (exact) mass is 325 g/mol. The van der Waals surface area contributed by atoms with E-state index in [4.69, 9.17) is 4.74 Å². The third-order valence-electron chi connectivity index (χ3n) is 3.48. The molecule has 0 unspecified atom stereocenters. The second-order valence-electron chi connectivity index (χ2n) is 5.40. The Kier molecular flexibility index (Phi) is 6.18. The van der Waals surface area contributed by atoms with Gasteiger partial charge in [-0.05, 0) is 62.9 Å². The second kappa shape index (κ2) is 7.91. The molecule has 1 fully saturated rings. The maximum Gasteiger partial charge on any atom is 0.119 e. The van der Waals surface area contributed by atoms with Gasteiger partial charge in [-0.15, -0.1) is 0 Å². The van der Waals surface area contributed by atoms with Crippen LogP contribution in [0.3, 0.4) is 0 Å². The minimum atomic E-state index is 0.830. The number of unbranched alkanes of at least 4 members (excludes halogenated alkanes) is 3. The van der Waals surface area contributed by atoms with Crippen LogP contribution in [-0.2, 0) is 0 Å². The zero-order valence-corrected chi connectivity index (χ0v) is 13.3. The molecule has 0 heterocycles. The number of benzene rings is 1. The molecule has 0 bridgehead atoms. The third-order valence-corrected chi connectivity index (χ3v) is 4.37. The molecular formula is C16H24BrNO. The van der Waals surface area contributed by atoms with Gasteiger partial charge in [0.05, 0.1) is 6.61 Å². The molecule has 1 N–H and O–H groups in total. The molecule has 1 saturated carbocycles. The fourth-order valence-electron chi connectivity index (χ4n) is 2.07. The van der Waals surface area contributed by atoms with Gasteiger partial charge in [0.2, 0.25) is 0 Å². The van der Waals surface area contributed by atoms with E-state index in [-0.39, 0.29) is 0 Å². The first-order valence-electron chi connectivity index (χ1n) is 7.38. The van der Waals surface area contributed by atoms with Gasteiger partial charge in [0.25, 0.3) is 0 Å². The van der Waals surface area contributed by atoms with Gasteiger partial charge in [-0.2, -0.15) is 0 Å². The number of aryl methyl sites for hydroxylation is 1. The summed E-state index contributed by atoms with van der Waals surface area (Å²) in [6.45, 7) is 4.11. The number of halogens is 1. The molecule has 0 amide bonds. The van der Waals surface area contributed by atoms with Crippen LogP contribution in [0.4, 0.5) is 0 Å². The van der Waals surface area contributed by atoms with E-state index in [9.17, 15) is 0 Å². The van der Waals surface area contributed by atoms with Crippen LogP contribution >= 0.6 is 15.9 Å². The summed E-state index contributed by atoms with van der Waals surface area (Å²) in [6, 6.07) is 7.01. The minimum absolute atomic E-state index is 0.830. The lowest BCUT2D eigenvalue weighted by Gasteiger charge is -2.08. The first-order valence-corrected chi connectivity index (χ1v) is 8.17. The molecule has 0 radical (unpaired) electrons. The van der Waals surface area contributed by atoms with Crippen LogP contribution in [-0.4, -0.2) is 19.2 Å². The van der Waals surface area contributed by atoms with Crippen LogP contribution in [0.1, 0.15) is 44.1 Å². The fraction of sp³-hybridized carbons (Fsp3) is 0.625. The normalized spacial score (nSPS) is 14.6. The van der Waals surface area contributed by atoms with Crippen molar-refractivity contribution in [2.24, 2.45) is 0 Å². The van der Waals surface area contributed by atoms with E-state index in [0.717, 1.165) is 29.3 Å². The molecule has 2 nitrogen and oxygen atoms in total. The average Bonchev–Trinajstić information content (AvgIpc) is 3.21. The summed E-state index contributed by atoms with van der Waals surface area (Å²) in [5.74, 6) is 0.983. The van der Waals surface area contributed by atoms with Crippen LogP contribution in [0.25, 0.3) is 0 Å². The number of hydrogen-bond donors (Lipinski definition) is 1. The van der Waals surface area contributed by atoms with E-state index in [1.54, 1.807) is 0 Å². The molecule has 0 aliphatic heterocycles. The number of ether oxygens (including phenoxy) is 1. The smallest absolute Gasteiger partial charge is 0.119 e. The molecule has 0 aromatic heterocycles. The second-order valence-corrected chi connectivity index (χ2v) is 6.26. The van der Waals surface area contributed by atoms with Crippen LogP contribution in [0.15, 0.2) is 22.7 Å². The molecule has 3 heteroatoms. The molecule has 19 heavy (non-hydrogen) atoms. The highest BCUT2D eigenvalue weighted by atomic mass is 79.9. The van der Waals surface area contributed by atoms with Crippen molar-refractivity contribution < 1.29 is 4.74 Å². The Morgan fingerprint density at radius 2 is 2.00 bits per heavy atom. The van der Waals surface area contributed by atoms with E-state index < -0.39 is 0 Å². The summed E-state index contributed by atoms with van der Waals surface area (Å²) in [7, 11) is 0. The standard InChI is InChI=1S/C16H24BrNO/c1-13-12-15(8-9-16(13)17)19-11-5-3-2-4-10-18-14-6-7-14/h8-9,12,14,18H,2-7,10-11H2,1H3. The molecule has 0 saturated heterocycles. The first kappa shape index (κ1) is 14.9. The largest absolute Gasteiger partial charge is 0.494 e. The summed E-state index contributed by atoms with van der Waals surface area (Å²) < 4.78 is 6.90. The Labute approximate surface area is 125 Å². The SMILES string of the molecule is Cc1cc(OCCCCCCNC2CC2)ccc1Br. The van der Waals surface area contributed by atoms with E-state index in [2.05, 4.69) is 34.2 Å². The Morgan fingerprint density at radius 3 is 2.74 bits per heavy atom. The van der Waals surface area contributed by atoms with Crippen molar-refractivity contribution in [2.75, 3.05) is 13.2 Å². The van der Waals surface area contributed by atoms with Gasteiger partial charge in [0.1, 0.15) is 5.75 Å². The first-order chi connectivity index (χ1) is 9.25. The van der Waals surface area contributed by atoms with Gasteiger partial charge in [0, 0.05) is 10.5 Å². The Bertz CT molecular complexity index is 390. The Balaban J connectivity index is 1.47. The van der Waals surface area contributed by atoms with Gasteiger partial charge in [-0.1, -0.05) is 28.8 Å². The van der Waals surface area contributed by atoms with Crippen LogP contribution in [0.2, 0.25) is 0 Å². The summed E-state index contributed by atoms with van der Waals surface area (Å²) in [5, 5.41) is 3.55. The molecule has 1 aliphatic rings. The third kappa shape index (κ3) is 5.96. The summed E-state index contributed by atoms with van der Waals surface area (Å²) in [4.78, 5) is 0. The van der Waals surface area contributed by atoms with Crippen molar-refractivity contribution in [3.8, 4) is 5.75 Å². The highest BCUT2D eigenvalue weighted by Gasteiger charge is 2.19. The summed E-state index contributed by atoms with van der Waals surface area (Å²) in [5.41, 5.74) is 1.23. The van der Waals surface area contributed by atoms with E-state index in [1.165, 1.54) is 44.2 Å². The molecular weight excluding hydrogens is 302 g/mol. The average molecular weight is 326 g/mol. The number of hydrogen-bond acceptors (Lipinski definition) is 2. The fourth-order valence-corrected chi connectivity index (χ4v) is 2.32. The van der Waals surface area contributed by atoms with Crippen molar-refractivity contribution in [1.82, 2.24) is 5.32 Å². The van der Waals surface area contributed by atoms with Gasteiger partial charge >= 0.3 is 0 Å². The van der Waals surface area contributed by atoms with E-state index in [1.807, 2.05) is 12.1 Å². The Hall–Kier alpha value is -0.540. The number of rotatable bonds is 9. The van der Waals surface area contributed by atoms with Gasteiger partial charge in [-0.3, -0.25) is 0 Å². The highest BCUT2D eigenvalue weighted by Crippen LogP contribution is 2.21. The molecule has 0 atom stereocenters. The lowest BCUT2D eigenvalue weighted by atomic mass is 10.2. The minimum Gasteiger partial charge on any atom is -0.494 e. The van der Waals surface area contributed by atoms with Crippen molar-refractivity contribution in [3.63, 3.8) is 0 Å². The number of nitrogens with one attached hydrogen (secondary N) is 1. The maximum atomic E-state index is 5.76. The van der Waals surface area contributed by atoms with Crippen LogP contribution in [0.5, 0.6) is 5.75 Å². The van der Waals surface area contributed by atoms with Crippen molar-refractivity contribution >= 4 is 15.9 Å². The van der Waals surface area contributed by atoms with Crippen molar-refractivity contribution in [3.05, 3.63) is 28.2 Å². The lowest BCUT2D eigenvalue weighted by molar-refractivity contribution is 0.304. The molecule has 106 valence electrons. The zero-order valence-electron chi connectivity index (χ0n) is 11.8. The molecule has 0 spiro atoms. The summed E-state index contributed by atoms with van der Waals surface area (Å²) in [6.07, 6.45) is 7.80. The van der Waals surface area contributed by atoms with E-state index in [0.29, 0.717) is 0 Å². The van der Waals surface area contributed by atoms with Gasteiger partial charge in [-0.25, -0.2) is 0 Å². The van der Waals surface area contributed by atoms with Gasteiger partial charge in [0.15, 0.2) is 0 Å². The molecule has 1 aromatic rings. The van der Waals surface area contributed by atoms with Gasteiger partial charge < -0.3 is 10.1 Å². The maximum absolute atomic E-state index is 5.76. The van der Waals surface area contributed by atoms with Crippen molar-refractivity contribution in [2.45, 2.75) is 51.5 Å². The van der Waals surface area contributed by atoms with Crippen LogP contribution in [0, 0.1) is 6.92 Å². The predicted molar refractivity (Wildman–Crippen MR) is 83.9 cm³/mol. The Morgan fingerprint density at radius 1 is 1.21 bits per heavy atom. The highest BCUT2D eigenvalue weighted by molar-refractivity contribution is 9.10. The molecule has 2 rings (SSSR count). The predicted octanol–water partition coefficient (Wildman–Crippen LogP) is 4.45. The van der Waals surface area contributed by atoms with E-state index >= 15 is 0 Å². The van der Waals surface area contributed by atoms with Crippen molar-refractivity contribution in [1.29, 1.82) is 0 Å². The molecule has 1 aromatic carbocycles. The molecule has 1 aliphatic carbocycles. The topological polar surface area (TPSA) is 21.3 Å².